The molecule has 0 heterocycles. The van der Waals surface area contributed by atoms with Crippen molar-refractivity contribution in [1.29, 1.82) is 0 Å². The predicted octanol–water partition coefficient (Wildman–Crippen LogP) is 5.36. The fourth-order valence-electron chi connectivity index (χ4n) is 2.75. The summed E-state index contributed by atoms with van der Waals surface area (Å²) < 4.78 is 0. The highest BCUT2D eigenvalue weighted by atomic mass is 14.2. The number of allylic oxidation sites excluding steroid dienone is 8. The monoisotopic (exact) mass is 312 g/mol. The number of hydrogen-bond acceptors (Lipinski definition) is 0. The zero-order chi connectivity index (χ0) is 18.3. The summed E-state index contributed by atoms with van der Waals surface area (Å²) in [4.78, 5) is 0. The second-order valence-corrected chi connectivity index (χ2v) is 5.50. The molecule has 0 radical (unpaired) electrons. The van der Waals surface area contributed by atoms with Gasteiger partial charge in [0.05, 0.1) is 0 Å². The molecule has 0 aromatic heterocycles. The molecule has 0 heteroatoms. The molecule has 0 nitrogen and oxygen atoms in total. The Labute approximate surface area is 147 Å². The Morgan fingerprint density at radius 2 is 0.625 bits per heavy atom. The maximum absolute atomic E-state index is 3.26. The fourth-order valence-corrected chi connectivity index (χ4v) is 2.75. The minimum absolute atomic E-state index is 0.962. The van der Waals surface area contributed by atoms with Crippen molar-refractivity contribution in [3.05, 3.63) is 44.6 Å². The molecule has 0 saturated carbocycles. The van der Waals surface area contributed by atoms with Gasteiger partial charge in [-0.3, -0.25) is 0 Å². The van der Waals surface area contributed by atoms with E-state index in [1.807, 2.05) is 27.7 Å². The Bertz CT molecular complexity index is 922. The summed E-state index contributed by atoms with van der Waals surface area (Å²) in [5.74, 6) is 25.2. The lowest BCUT2D eigenvalue weighted by Crippen LogP contribution is -2.05. The third-order valence-corrected chi connectivity index (χ3v) is 4.06. The normalized spacial score (nSPS) is 26.3. The van der Waals surface area contributed by atoms with Crippen molar-refractivity contribution in [2.24, 2.45) is 0 Å². The van der Waals surface area contributed by atoms with E-state index in [0.29, 0.717) is 0 Å². The zero-order valence-electron chi connectivity index (χ0n) is 16.0. The molecule has 0 unspecified atom stereocenters. The van der Waals surface area contributed by atoms with E-state index in [-0.39, 0.29) is 0 Å². The summed E-state index contributed by atoms with van der Waals surface area (Å²) >= 11 is 0. The minimum atomic E-state index is 0.962. The van der Waals surface area contributed by atoms with Crippen LogP contribution in [-0.2, 0) is 0 Å². The molecule has 0 aromatic carbocycles. The van der Waals surface area contributed by atoms with E-state index in [9.17, 15) is 0 Å². The summed E-state index contributed by atoms with van der Waals surface area (Å²) in [6.45, 7) is 15.8. The van der Waals surface area contributed by atoms with Crippen LogP contribution in [0.5, 0.6) is 0 Å². The van der Waals surface area contributed by atoms with Gasteiger partial charge in [-0.1, -0.05) is 23.7 Å². The molecule has 1 aliphatic rings. The van der Waals surface area contributed by atoms with Crippen LogP contribution in [0.4, 0.5) is 0 Å². The van der Waals surface area contributed by atoms with Gasteiger partial charge in [0.2, 0.25) is 0 Å². The average molecular weight is 312 g/mol. The predicted molar refractivity (Wildman–Crippen MR) is 105 cm³/mol. The summed E-state index contributed by atoms with van der Waals surface area (Å²) in [5, 5.41) is 0. The van der Waals surface area contributed by atoms with E-state index in [0.717, 1.165) is 44.6 Å². The zero-order valence-corrected chi connectivity index (χ0v) is 16.0. The van der Waals surface area contributed by atoms with Crippen molar-refractivity contribution in [3.63, 3.8) is 0 Å². The maximum atomic E-state index is 3.26. The van der Waals surface area contributed by atoms with Crippen molar-refractivity contribution < 1.29 is 0 Å². The van der Waals surface area contributed by atoms with Gasteiger partial charge in [0.15, 0.2) is 0 Å². The number of rotatable bonds is 0. The molecule has 0 aromatic rings. The first-order valence-electron chi connectivity index (χ1n) is 8.00. The van der Waals surface area contributed by atoms with Gasteiger partial charge in [0.25, 0.3) is 0 Å². The van der Waals surface area contributed by atoms with E-state index in [4.69, 9.17) is 0 Å². The van der Waals surface area contributed by atoms with Gasteiger partial charge in [-0.2, -0.15) is 0 Å². The van der Waals surface area contributed by atoms with E-state index in [1.54, 1.807) is 0 Å². The SMILES string of the molecule is CC#CC1=C(C#CC)/C(C)=C(C#CC)\C(C)=C(C#CC)/C(C)=C\1C. The van der Waals surface area contributed by atoms with Gasteiger partial charge in [-0.25, -0.2) is 0 Å². The maximum Gasteiger partial charge on any atom is 0.0446 e. The Kier molecular flexibility index (Phi) is 7.00. The molecular formula is C24H24. The van der Waals surface area contributed by atoms with Crippen LogP contribution < -0.4 is 0 Å². The molecule has 0 spiro atoms. The van der Waals surface area contributed by atoms with Gasteiger partial charge in [-0.15, -0.1) is 23.7 Å². The van der Waals surface area contributed by atoms with Gasteiger partial charge >= 0.3 is 0 Å². The highest BCUT2D eigenvalue weighted by Crippen LogP contribution is 2.34. The molecule has 0 N–H and O–H groups in total. The lowest BCUT2D eigenvalue weighted by Gasteiger charge is -2.19. The van der Waals surface area contributed by atoms with E-state index >= 15 is 0 Å². The molecular weight excluding hydrogens is 288 g/mol. The van der Waals surface area contributed by atoms with E-state index < -0.39 is 0 Å². The Hall–Kier alpha value is -2.80. The van der Waals surface area contributed by atoms with Crippen molar-refractivity contribution in [3.8, 4) is 47.4 Å². The Morgan fingerprint density at radius 3 is 1.04 bits per heavy atom. The molecule has 0 fully saturated rings. The first-order chi connectivity index (χ1) is 11.4. The summed E-state index contributed by atoms with van der Waals surface area (Å²) in [5.41, 5.74) is 8.40. The summed E-state index contributed by atoms with van der Waals surface area (Å²) in [6.07, 6.45) is 0. The van der Waals surface area contributed by atoms with Gasteiger partial charge < -0.3 is 0 Å². The van der Waals surface area contributed by atoms with Crippen LogP contribution in [0.25, 0.3) is 0 Å². The topological polar surface area (TPSA) is 0 Å². The fraction of sp³-hybridized carbons (Fsp3) is 0.333. The van der Waals surface area contributed by atoms with Crippen LogP contribution >= 0.6 is 0 Å². The van der Waals surface area contributed by atoms with Crippen LogP contribution in [0.2, 0.25) is 0 Å². The molecule has 0 aliphatic heterocycles. The standard InChI is InChI=1S/C24H24/c1-9-13-21-17(5)18(6)23(15-11-3)24(16-12-4)20(8)22(14-10-2)19(21)7/h1-8H3/b18-17-,21-17?,21-19-,22-19?,22-20-,23-18?,24-20?,24-23-. The van der Waals surface area contributed by atoms with Crippen LogP contribution in [0, 0.1) is 47.4 Å². The van der Waals surface area contributed by atoms with Crippen molar-refractivity contribution in [2.75, 3.05) is 0 Å². The van der Waals surface area contributed by atoms with E-state index in [2.05, 4.69) is 75.1 Å². The average Bonchev–Trinajstić information content (AvgIpc) is 2.57. The number of hydrogen-bond donors (Lipinski definition) is 0. The molecule has 0 atom stereocenters. The van der Waals surface area contributed by atoms with Gasteiger partial charge in [0.1, 0.15) is 0 Å². The van der Waals surface area contributed by atoms with Crippen LogP contribution in [0.1, 0.15) is 55.4 Å². The smallest absolute Gasteiger partial charge is 0.0446 e. The third-order valence-electron chi connectivity index (χ3n) is 4.06. The van der Waals surface area contributed by atoms with Crippen molar-refractivity contribution in [2.45, 2.75) is 55.4 Å². The van der Waals surface area contributed by atoms with Crippen molar-refractivity contribution in [1.82, 2.24) is 0 Å². The second kappa shape index (κ2) is 8.73. The first-order valence-corrected chi connectivity index (χ1v) is 8.00. The summed E-state index contributed by atoms with van der Waals surface area (Å²) in [7, 11) is 0. The van der Waals surface area contributed by atoms with Crippen molar-refractivity contribution >= 4 is 0 Å². The minimum Gasteiger partial charge on any atom is -0.101 e. The van der Waals surface area contributed by atoms with E-state index in [1.165, 1.54) is 0 Å². The van der Waals surface area contributed by atoms with Crippen LogP contribution in [0.3, 0.4) is 0 Å². The molecule has 0 saturated heterocycles. The molecule has 24 heavy (non-hydrogen) atoms. The second-order valence-electron chi connectivity index (χ2n) is 5.50. The first kappa shape index (κ1) is 19.2. The van der Waals surface area contributed by atoms with Gasteiger partial charge in [-0.05, 0) is 77.7 Å². The molecule has 0 bridgehead atoms. The molecule has 0 amide bonds. The highest BCUT2D eigenvalue weighted by Gasteiger charge is 2.20. The van der Waals surface area contributed by atoms with Crippen LogP contribution in [0.15, 0.2) is 44.6 Å². The summed E-state index contributed by atoms with van der Waals surface area (Å²) in [6, 6.07) is 0. The molecule has 1 aliphatic carbocycles. The lowest BCUT2D eigenvalue weighted by molar-refractivity contribution is 1.21. The molecule has 1 rings (SSSR count). The highest BCUT2D eigenvalue weighted by molar-refractivity contribution is 5.71. The van der Waals surface area contributed by atoms with Gasteiger partial charge in [0, 0.05) is 22.3 Å². The van der Waals surface area contributed by atoms with Crippen LogP contribution in [-0.4, -0.2) is 0 Å². The third kappa shape index (κ3) is 3.75. The molecule has 120 valence electrons. The largest absolute Gasteiger partial charge is 0.101 e. The lowest BCUT2D eigenvalue weighted by atomic mass is 9.83. The quantitative estimate of drug-likeness (QED) is 0.528. The Morgan fingerprint density at radius 1 is 0.375 bits per heavy atom. The Balaban J connectivity index is 4.18.